The first-order chi connectivity index (χ1) is 13.8. The molecule has 1 amide bonds. The maximum Gasteiger partial charge on any atom is 0.268 e. The third kappa shape index (κ3) is 2.77. The van der Waals surface area contributed by atoms with Crippen LogP contribution in [0, 0.1) is 18.8 Å². The Balaban J connectivity index is 1.58. The van der Waals surface area contributed by atoms with Crippen molar-refractivity contribution in [3.05, 3.63) is 65.1 Å². The molecule has 3 N–H and O–H groups in total. The van der Waals surface area contributed by atoms with Gasteiger partial charge in [0.15, 0.2) is 5.60 Å². The fourth-order valence-electron chi connectivity index (χ4n) is 3.68. The maximum absolute atomic E-state index is 11.6. The van der Waals surface area contributed by atoms with E-state index in [2.05, 4.69) is 27.9 Å². The monoisotopic (exact) mass is 386 g/mol. The zero-order valence-electron chi connectivity index (χ0n) is 15.9. The van der Waals surface area contributed by atoms with Crippen LogP contribution in [0.3, 0.4) is 0 Å². The average Bonchev–Trinajstić information content (AvgIpc) is 3.22. The first kappa shape index (κ1) is 17.5. The molecule has 0 radical (unpaired) electrons. The highest BCUT2D eigenvalue weighted by atomic mass is 16.4. The Morgan fingerprint density at radius 3 is 2.90 bits per heavy atom. The van der Waals surface area contributed by atoms with Crippen LogP contribution in [0.4, 0.5) is 0 Å². The number of oxazole rings is 1. The molecule has 2 aromatic heterocycles. The van der Waals surface area contributed by atoms with Gasteiger partial charge in [-0.2, -0.15) is 0 Å². The number of hydrogen-bond donors (Lipinski definition) is 2. The van der Waals surface area contributed by atoms with Gasteiger partial charge in [-0.15, -0.1) is 0 Å². The number of imidazole rings is 1. The number of aromatic nitrogens is 3. The Bertz CT molecular complexity index is 1270. The van der Waals surface area contributed by atoms with Crippen molar-refractivity contribution in [3.8, 4) is 23.2 Å². The second-order valence-corrected chi connectivity index (χ2v) is 7.54. The van der Waals surface area contributed by atoms with E-state index >= 15 is 0 Å². The zero-order chi connectivity index (χ0) is 20.3. The zero-order valence-corrected chi connectivity index (χ0v) is 15.9. The summed E-state index contributed by atoms with van der Waals surface area (Å²) in [5.41, 5.74) is 8.08. The van der Waals surface area contributed by atoms with E-state index in [1.807, 2.05) is 22.8 Å². The number of nitrogens with two attached hydrogens (primary N) is 1. The summed E-state index contributed by atoms with van der Waals surface area (Å²) in [7, 11) is 0. The van der Waals surface area contributed by atoms with Gasteiger partial charge >= 0.3 is 0 Å². The van der Waals surface area contributed by atoms with Crippen molar-refractivity contribution in [3.63, 3.8) is 0 Å². The molecule has 1 aromatic carbocycles. The predicted molar refractivity (Wildman–Crippen MR) is 106 cm³/mol. The number of aryl methyl sites for hydroxylation is 1. The highest BCUT2D eigenvalue weighted by Crippen LogP contribution is 2.46. The third-order valence-electron chi connectivity index (χ3n) is 5.26. The molecule has 3 aliphatic rings. The molecule has 2 bridgehead atoms. The number of nitrogens with zero attached hydrogens (tertiary/aromatic N) is 3. The largest absolute Gasteiger partial charge is 0.442 e. The summed E-state index contributed by atoms with van der Waals surface area (Å²) in [4.78, 5) is 20.1. The van der Waals surface area contributed by atoms with Gasteiger partial charge in [0, 0.05) is 17.3 Å². The lowest BCUT2D eigenvalue weighted by molar-refractivity contribution is 0.0882. The number of allylic oxidation sites excluding steroid dienone is 2. The number of aliphatic hydroxyl groups is 1. The average molecular weight is 386 g/mol. The van der Waals surface area contributed by atoms with Crippen molar-refractivity contribution >= 4 is 11.5 Å². The van der Waals surface area contributed by atoms with Crippen molar-refractivity contribution in [2.45, 2.75) is 31.9 Å². The smallest absolute Gasteiger partial charge is 0.268 e. The summed E-state index contributed by atoms with van der Waals surface area (Å²) in [6, 6.07) is 6.01. The number of primary amides is 1. The van der Waals surface area contributed by atoms with Crippen molar-refractivity contribution in [2.24, 2.45) is 5.73 Å². The van der Waals surface area contributed by atoms with Crippen molar-refractivity contribution in [1.29, 1.82) is 0 Å². The highest BCUT2D eigenvalue weighted by Gasteiger charge is 2.32. The number of hydrogen-bond acceptors (Lipinski definition) is 5. The molecule has 0 saturated carbocycles. The molecular weight excluding hydrogens is 368 g/mol. The summed E-state index contributed by atoms with van der Waals surface area (Å²) < 4.78 is 7.39. The van der Waals surface area contributed by atoms with Crippen LogP contribution in [0.2, 0.25) is 0 Å². The van der Waals surface area contributed by atoms with Crippen molar-refractivity contribution < 1.29 is 14.3 Å². The summed E-state index contributed by atoms with van der Waals surface area (Å²) in [6.07, 6.45) is 6.31. The number of rotatable bonds is 2. The van der Waals surface area contributed by atoms with Crippen LogP contribution in [0.25, 0.3) is 17.0 Å². The van der Waals surface area contributed by atoms with Gasteiger partial charge in [-0.25, -0.2) is 9.97 Å². The predicted octanol–water partition coefficient (Wildman–Crippen LogP) is 2.55. The number of amides is 1. The first-order valence-corrected chi connectivity index (χ1v) is 9.24. The molecule has 1 aliphatic carbocycles. The molecule has 6 rings (SSSR count). The molecule has 7 nitrogen and oxygen atoms in total. The van der Waals surface area contributed by atoms with Gasteiger partial charge in [0.1, 0.15) is 17.3 Å². The maximum atomic E-state index is 11.6. The summed E-state index contributed by atoms with van der Waals surface area (Å²) in [5.74, 6) is 6.74. The SMILES string of the molecule is Cc1cnc([C@@](C)(O)C#Cc2ccc3c(c2)-c2nc(C(N)=O)cn2C2C=C3C2)o1. The van der Waals surface area contributed by atoms with Gasteiger partial charge in [-0.05, 0) is 43.5 Å². The lowest BCUT2D eigenvalue weighted by Crippen LogP contribution is -2.18. The Labute approximate surface area is 166 Å². The van der Waals surface area contributed by atoms with E-state index in [-0.39, 0.29) is 17.6 Å². The molecule has 7 heteroatoms. The molecule has 2 atom stereocenters. The molecule has 0 spiro atoms. The van der Waals surface area contributed by atoms with E-state index in [0.29, 0.717) is 17.1 Å². The van der Waals surface area contributed by atoms with Gasteiger partial charge in [0.05, 0.1) is 12.2 Å². The van der Waals surface area contributed by atoms with Gasteiger partial charge in [0.2, 0.25) is 5.89 Å². The topological polar surface area (TPSA) is 107 Å². The molecule has 4 heterocycles. The molecule has 0 fully saturated rings. The van der Waals surface area contributed by atoms with E-state index in [1.54, 1.807) is 26.2 Å². The molecule has 0 saturated heterocycles. The quantitative estimate of drug-likeness (QED) is 0.658. The van der Waals surface area contributed by atoms with E-state index in [9.17, 15) is 9.90 Å². The Kier molecular flexibility index (Phi) is 3.57. The fourth-order valence-corrected chi connectivity index (χ4v) is 3.68. The van der Waals surface area contributed by atoms with Crippen LogP contribution < -0.4 is 5.73 Å². The van der Waals surface area contributed by atoms with E-state index in [4.69, 9.17) is 10.2 Å². The molecular formula is C22H18N4O3. The minimum Gasteiger partial charge on any atom is -0.442 e. The standard InChI is InChI=1S/C22H18N4O3/c1-12-10-24-21(29-12)22(2,28)6-5-13-3-4-16-14-8-15(9-14)26-11-18(19(23)27)25-20(26)17(16)7-13/h3-4,7-8,10-11,15,28H,9H2,1-2H3,(H2,23,27)/t15?,22-/m0/s1. The van der Waals surface area contributed by atoms with Crippen molar-refractivity contribution in [1.82, 2.24) is 14.5 Å². The van der Waals surface area contributed by atoms with Crippen LogP contribution in [0.15, 0.2) is 41.1 Å². The van der Waals surface area contributed by atoms with Gasteiger partial charge in [0.25, 0.3) is 5.91 Å². The number of benzene rings is 1. The van der Waals surface area contributed by atoms with Crippen LogP contribution in [0.1, 0.15) is 52.7 Å². The van der Waals surface area contributed by atoms with Gasteiger partial charge in [-0.3, -0.25) is 4.79 Å². The van der Waals surface area contributed by atoms with E-state index in [0.717, 1.165) is 17.5 Å². The van der Waals surface area contributed by atoms with E-state index in [1.165, 1.54) is 5.57 Å². The van der Waals surface area contributed by atoms with Crippen LogP contribution in [-0.4, -0.2) is 25.5 Å². The third-order valence-corrected chi connectivity index (χ3v) is 5.26. The molecule has 144 valence electrons. The summed E-state index contributed by atoms with van der Waals surface area (Å²) in [6.45, 7) is 3.30. The summed E-state index contributed by atoms with van der Waals surface area (Å²) >= 11 is 0. The second kappa shape index (κ2) is 5.93. The molecule has 1 unspecified atom stereocenters. The Hall–Kier alpha value is -3.63. The van der Waals surface area contributed by atoms with Crippen molar-refractivity contribution in [2.75, 3.05) is 0 Å². The minimum absolute atomic E-state index is 0.157. The normalized spacial score (nSPS) is 18.2. The van der Waals surface area contributed by atoms with E-state index < -0.39 is 11.5 Å². The minimum atomic E-state index is -1.51. The van der Waals surface area contributed by atoms with Crippen LogP contribution in [0.5, 0.6) is 0 Å². The van der Waals surface area contributed by atoms with Crippen LogP contribution >= 0.6 is 0 Å². The lowest BCUT2D eigenvalue weighted by atomic mass is 9.86. The first-order valence-electron chi connectivity index (χ1n) is 9.24. The Morgan fingerprint density at radius 1 is 1.41 bits per heavy atom. The molecule has 3 aromatic rings. The number of carbonyl (C=O) groups excluding carboxylic acids is 1. The second-order valence-electron chi connectivity index (χ2n) is 7.54. The molecule has 2 aliphatic heterocycles. The summed E-state index contributed by atoms with van der Waals surface area (Å²) in [5, 5.41) is 10.6. The van der Waals surface area contributed by atoms with Gasteiger partial charge in [-0.1, -0.05) is 24.0 Å². The molecule has 29 heavy (non-hydrogen) atoms. The highest BCUT2D eigenvalue weighted by molar-refractivity contribution is 5.92. The van der Waals surface area contributed by atoms with Crippen LogP contribution in [-0.2, 0) is 5.60 Å². The van der Waals surface area contributed by atoms with Gasteiger partial charge < -0.3 is 19.8 Å². The Morgan fingerprint density at radius 2 is 2.21 bits per heavy atom. The lowest BCUT2D eigenvalue weighted by Gasteiger charge is -2.24. The number of carbonyl (C=O) groups is 1. The fraction of sp³-hybridized carbons (Fsp3) is 0.227.